The fourth-order valence-corrected chi connectivity index (χ4v) is 10.2. The van der Waals surface area contributed by atoms with Gasteiger partial charge in [-0.1, -0.05) is 196 Å². The molecule has 65 heavy (non-hydrogen) atoms. The van der Waals surface area contributed by atoms with Crippen LogP contribution < -0.4 is 5.32 Å². The van der Waals surface area contributed by atoms with Crippen LogP contribution in [0.5, 0.6) is 17.2 Å². The van der Waals surface area contributed by atoms with Gasteiger partial charge in [0.25, 0.3) is 0 Å². The number of hydrogen-bond acceptors (Lipinski definition) is 10. The second-order valence-corrected chi connectivity index (χ2v) is 25.1. The van der Waals surface area contributed by atoms with Gasteiger partial charge in [0, 0.05) is 49.2 Å². The van der Waals surface area contributed by atoms with Gasteiger partial charge in [0.1, 0.15) is 17.2 Å². The molecule has 0 fully saturated rings. The van der Waals surface area contributed by atoms with E-state index in [9.17, 15) is 15.3 Å². The monoisotopic (exact) mass is 947 g/mol. The van der Waals surface area contributed by atoms with Gasteiger partial charge in [-0.25, -0.2) is 0 Å². The van der Waals surface area contributed by atoms with Gasteiger partial charge in [-0.05, 0) is 95.9 Å². The zero-order valence-corrected chi connectivity index (χ0v) is 45.7. The molecule has 1 aromatic heterocycles. The first kappa shape index (κ1) is 56.2. The van der Waals surface area contributed by atoms with Gasteiger partial charge in [0.15, 0.2) is 10.3 Å². The summed E-state index contributed by atoms with van der Waals surface area (Å²) in [5.74, 6) is 3.72. The van der Waals surface area contributed by atoms with E-state index in [0.29, 0.717) is 23.2 Å². The maximum absolute atomic E-state index is 11.1. The van der Waals surface area contributed by atoms with Crippen LogP contribution in [0.4, 0.5) is 11.6 Å². The SMILES string of the molecule is CCCCCCCCSc1nc(Nc2cc(C(C)(C)C)c(O)c(C(C)(C)C)c2)nc(SCCCCCCCC)n1.Cc1cc(O)c(C(C)(C)C)cc1Sc1cc(C(C)(C)C)c(O)cc1C. The molecule has 0 saturated carbocycles. The number of aryl methyl sites for hydroxylation is 2. The molecular weight excluding hydrogens is 861 g/mol. The summed E-state index contributed by atoms with van der Waals surface area (Å²) in [5, 5.41) is 36.8. The first-order valence-corrected chi connectivity index (χ1v) is 27.1. The third-order valence-electron chi connectivity index (χ3n) is 11.5. The van der Waals surface area contributed by atoms with Crippen LogP contribution >= 0.6 is 35.3 Å². The van der Waals surface area contributed by atoms with Crippen molar-refractivity contribution >= 4 is 46.9 Å². The van der Waals surface area contributed by atoms with Gasteiger partial charge in [0.2, 0.25) is 5.95 Å². The summed E-state index contributed by atoms with van der Waals surface area (Å²) < 4.78 is 0. The van der Waals surface area contributed by atoms with Gasteiger partial charge in [-0.3, -0.25) is 0 Å². The summed E-state index contributed by atoms with van der Waals surface area (Å²) in [6.07, 6.45) is 15.4. The number of unbranched alkanes of at least 4 members (excludes halogenated alkanes) is 10. The van der Waals surface area contributed by atoms with Crippen LogP contribution in [0.15, 0.2) is 56.5 Å². The Morgan fingerprint density at radius 1 is 0.462 bits per heavy atom. The van der Waals surface area contributed by atoms with E-state index in [-0.39, 0.29) is 21.7 Å². The maximum atomic E-state index is 11.1. The number of phenols is 3. The molecule has 0 aliphatic heterocycles. The lowest BCUT2D eigenvalue weighted by molar-refractivity contribution is 0.423. The van der Waals surface area contributed by atoms with Crippen molar-refractivity contribution in [2.75, 3.05) is 16.8 Å². The summed E-state index contributed by atoms with van der Waals surface area (Å²) >= 11 is 5.17. The highest BCUT2D eigenvalue weighted by Gasteiger charge is 2.27. The molecule has 0 bridgehead atoms. The van der Waals surface area contributed by atoms with Gasteiger partial charge in [-0.15, -0.1) is 0 Å². The number of rotatable bonds is 20. The highest BCUT2D eigenvalue weighted by molar-refractivity contribution is 8.00. The van der Waals surface area contributed by atoms with Crippen molar-refractivity contribution in [3.63, 3.8) is 0 Å². The molecule has 0 amide bonds. The van der Waals surface area contributed by atoms with E-state index in [1.54, 1.807) is 35.3 Å². The lowest BCUT2D eigenvalue weighted by Crippen LogP contribution is -2.18. The average molecular weight is 948 g/mol. The molecule has 1 heterocycles. The van der Waals surface area contributed by atoms with Crippen molar-refractivity contribution in [3.05, 3.63) is 69.8 Å². The average Bonchev–Trinajstić information content (AvgIpc) is 3.18. The van der Waals surface area contributed by atoms with Gasteiger partial charge >= 0.3 is 0 Å². The van der Waals surface area contributed by atoms with Crippen LogP contribution in [0.1, 0.15) is 207 Å². The molecular formula is C55H86N4O3S3. The van der Waals surface area contributed by atoms with Crippen molar-refractivity contribution in [1.29, 1.82) is 0 Å². The summed E-state index contributed by atoms with van der Waals surface area (Å²) in [6.45, 7) is 34.0. The molecule has 0 aliphatic rings. The van der Waals surface area contributed by atoms with Gasteiger partial charge in [-0.2, -0.15) is 15.0 Å². The molecule has 3 aromatic carbocycles. The molecule has 0 radical (unpaired) electrons. The van der Waals surface area contributed by atoms with Crippen LogP contribution in [-0.4, -0.2) is 41.8 Å². The van der Waals surface area contributed by atoms with Crippen LogP contribution in [0, 0.1) is 13.8 Å². The highest BCUT2D eigenvalue weighted by Crippen LogP contribution is 2.44. The third-order valence-corrected chi connectivity index (χ3v) is 14.6. The van der Waals surface area contributed by atoms with E-state index in [1.165, 1.54) is 77.0 Å². The third kappa shape index (κ3) is 18.5. The van der Waals surface area contributed by atoms with Crippen molar-refractivity contribution in [2.45, 2.75) is 230 Å². The number of hydrogen-bond donors (Lipinski definition) is 4. The highest BCUT2D eigenvalue weighted by atomic mass is 32.2. The molecule has 0 spiro atoms. The van der Waals surface area contributed by atoms with Crippen LogP contribution in [-0.2, 0) is 21.7 Å². The summed E-state index contributed by atoms with van der Waals surface area (Å²) in [7, 11) is 0. The van der Waals surface area contributed by atoms with E-state index in [1.807, 2.05) is 38.1 Å². The summed E-state index contributed by atoms with van der Waals surface area (Å²) in [6, 6.07) is 12.0. The van der Waals surface area contributed by atoms with Crippen molar-refractivity contribution in [2.24, 2.45) is 0 Å². The molecule has 0 aliphatic carbocycles. The maximum Gasteiger partial charge on any atom is 0.232 e. The largest absolute Gasteiger partial charge is 0.508 e. The van der Waals surface area contributed by atoms with Crippen LogP contribution in [0.2, 0.25) is 0 Å². The van der Waals surface area contributed by atoms with Crippen LogP contribution in [0.3, 0.4) is 0 Å². The van der Waals surface area contributed by atoms with E-state index >= 15 is 0 Å². The summed E-state index contributed by atoms with van der Waals surface area (Å²) in [5.41, 5.74) is 6.13. The summed E-state index contributed by atoms with van der Waals surface area (Å²) in [4.78, 5) is 16.7. The van der Waals surface area contributed by atoms with Crippen molar-refractivity contribution in [1.82, 2.24) is 15.0 Å². The quantitative estimate of drug-likeness (QED) is 0.0388. The number of thioether (sulfide) groups is 2. The zero-order chi connectivity index (χ0) is 48.8. The van der Waals surface area contributed by atoms with E-state index in [4.69, 9.17) is 15.0 Å². The molecule has 0 saturated heterocycles. The predicted molar refractivity (Wildman–Crippen MR) is 284 cm³/mol. The van der Waals surface area contributed by atoms with Gasteiger partial charge < -0.3 is 20.6 Å². The molecule has 4 rings (SSSR count). The number of aromatic nitrogens is 3. The minimum absolute atomic E-state index is 0.117. The molecule has 4 aromatic rings. The minimum Gasteiger partial charge on any atom is -0.508 e. The number of aromatic hydroxyl groups is 3. The minimum atomic E-state index is -0.197. The lowest BCUT2D eigenvalue weighted by atomic mass is 9.79. The molecule has 362 valence electrons. The predicted octanol–water partition coefficient (Wildman–Crippen LogP) is 17.3. The molecule has 0 atom stereocenters. The Morgan fingerprint density at radius 2 is 0.815 bits per heavy atom. The number of nitrogens with zero attached hydrogens (tertiary/aromatic N) is 3. The number of anilines is 2. The Labute approximate surface area is 408 Å². The second-order valence-electron chi connectivity index (χ2n) is 21.9. The molecule has 10 heteroatoms. The lowest BCUT2D eigenvalue weighted by Gasteiger charge is -2.28. The number of benzene rings is 3. The Hall–Kier alpha value is -3.08. The van der Waals surface area contributed by atoms with E-state index in [2.05, 4.69) is 114 Å². The Kier molecular flexibility index (Phi) is 21.9. The first-order chi connectivity index (χ1) is 30.3. The van der Waals surface area contributed by atoms with Crippen molar-refractivity contribution in [3.8, 4) is 17.2 Å². The zero-order valence-electron chi connectivity index (χ0n) is 43.3. The number of nitrogens with one attached hydrogen (secondary N) is 1. The fourth-order valence-electron chi connectivity index (χ4n) is 7.48. The number of phenolic OH excluding ortho intramolecular Hbond substituents is 3. The molecule has 7 nitrogen and oxygen atoms in total. The van der Waals surface area contributed by atoms with E-state index in [0.717, 1.165) is 70.7 Å². The first-order valence-electron chi connectivity index (χ1n) is 24.3. The molecule has 0 unspecified atom stereocenters. The fraction of sp³-hybridized carbons (Fsp3) is 0.618. The Morgan fingerprint density at radius 3 is 1.17 bits per heavy atom. The second kappa shape index (κ2) is 25.3. The van der Waals surface area contributed by atoms with E-state index < -0.39 is 0 Å². The van der Waals surface area contributed by atoms with Crippen molar-refractivity contribution < 1.29 is 15.3 Å². The standard InChI is InChI=1S/C33H56N4OS2.C22H30O2S/c1-9-11-13-15-17-19-21-39-30-35-29(36-31(37-30)40-22-20-18-16-14-12-10-2)34-25-23-26(32(3,4)5)28(38)27(24-25)33(6,7)8;1-13-9-17(23)15(21(3,4)5)11-19(13)25-20-12-16(22(6,7)8)18(24)10-14(20)2/h23-24,38H,9-22H2,1-8H3,(H,34,35,36,37);9-12,23-24H,1-8H3. The normalized spacial score (nSPS) is 12.3. The van der Waals surface area contributed by atoms with Gasteiger partial charge in [0.05, 0.1) is 0 Å². The Bertz CT molecular complexity index is 1970. The van der Waals surface area contributed by atoms with Crippen LogP contribution in [0.25, 0.3) is 0 Å². The topological polar surface area (TPSA) is 111 Å². The Balaban J connectivity index is 0.000000384. The molecule has 4 N–H and O–H groups in total. The smallest absolute Gasteiger partial charge is 0.232 e.